The molecule has 106 valence electrons. The molecule has 0 bridgehead atoms. The van der Waals surface area contributed by atoms with E-state index >= 15 is 0 Å². The molecule has 0 heterocycles. The Bertz CT molecular complexity index is 101. The van der Waals surface area contributed by atoms with Gasteiger partial charge in [0.05, 0.1) is 33.0 Å². The number of rotatable bonds is 12. The highest BCUT2D eigenvalue weighted by Gasteiger charge is 1.90. The molecule has 0 unspecified atom stereocenters. The maximum atomic E-state index is 5.34. The highest BCUT2D eigenvalue weighted by Crippen LogP contribution is 1.82. The lowest BCUT2D eigenvalue weighted by Crippen LogP contribution is -2.20. The third-order valence-corrected chi connectivity index (χ3v) is 1.77. The topological polar surface area (TPSA) is 39.7 Å². The standard InChI is InChI=1S/C11H25NO3.C2H6/c1-3-6-13-8-10-15-11-9-14-7-5-12-4-2;1-2/h12H,3-11H2,1-2H3;1-2H3. The summed E-state index contributed by atoms with van der Waals surface area (Å²) in [5.41, 5.74) is 0. The number of hydrogen-bond donors (Lipinski definition) is 1. The summed E-state index contributed by atoms with van der Waals surface area (Å²) in [7, 11) is 0. The van der Waals surface area contributed by atoms with Crippen molar-refractivity contribution in [1.29, 1.82) is 0 Å². The van der Waals surface area contributed by atoms with Gasteiger partial charge in [0.15, 0.2) is 0 Å². The van der Waals surface area contributed by atoms with E-state index in [2.05, 4.69) is 19.2 Å². The number of nitrogens with one attached hydrogen (secondary N) is 1. The van der Waals surface area contributed by atoms with Crippen LogP contribution >= 0.6 is 0 Å². The number of hydrogen-bond acceptors (Lipinski definition) is 4. The minimum absolute atomic E-state index is 0.654. The second kappa shape index (κ2) is 21.2. The van der Waals surface area contributed by atoms with Gasteiger partial charge >= 0.3 is 0 Å². The molecular weight excluding hydrogens is 218 g/mol. The van der Waals surface area contributed by atoms with Crippen molar-refractivity contribution in [3.63, 3.8) is 0 Å². The molecule has 0 aliphatic rings. The van der Waals surface area contributed by atoms with E-state index in [0.717, 1.165) is 32.7 Å². The Labute approximate surface area is 107 Å². The molecule has 4 heteroatoms. The molecule has 0 aromatic carbocycles. The van der Waals surface area contributed by atoms with Gasteiger partial charge in [-0.2, -0.15) is 0 Å². The quantitative estimate of drug-likeness (QED) is 0.538. The maximum Gasteiger partial charge on any atom is 0.0701 e. The van der Waals surface area contributed by atoms with Crippen molar-refractivity contribution >= 4 is 0 Å². The molecule has 17 heavy (non-hydrogen) atoms. The van der Waals surface area contributed by atoms with E-state index in [1.165, 1.54) is 0 Å². The fourth-order valence-corrected chi connectivity index (χ4v) is 1.01. The van der Waals surface area contributed by atoms with Crippen molar-refractivity contribution < 1.29 is 14.2 Å². The van der Waals surface area contributed by atoms with Gasteiger partial charge in [-0.15, -0.1) is 0 Å². The van der Waals surface area contributed by atoms with Crippen LogP contribution in [0.2, 0.25) is 0 Å². The first-order valence-corrected chi connectivity index (χ1v) is 6.85. The van der Waals surface area contributed by atoms with Crippen molar-refractivity contribution in [2.75, 3.05) is 52.7 Å². The Morgan fingerprint density at radius 2 is 1.18 bits per heavy atom. The average Bonchev–Trinajstić information content (AvgIpc) is 2.38. The number of likely N-dealkylation sites (N-methyl/N-ethyl adjacent to an activating group) is 1. The molecule has 0 aromatic rings. The smallest absolute Gasteiger partial charge is 0.0701 e. The van der Waals surface area contributed by atoms with Gasteiger partial charge in [-0.3, -0.25) is 0 Å². The van der Waals surface area contributed by atoms with Gasteiger partial charge in [0.2, 0.25) is 0 Å². The molecule has 0 rings (SSSR count). The van der Waals surface area contributed by atoms with Crippen molar-refractivity contribution in [3.05, 3.63) is 0 Å². The molecule has 0 spiro atoms. The summed E-state index contributed by atoms with van der Waals surface area (Å²) in [6.45, 7) is 14.3. The van der Waals surface area contributed by atoms with Crippen molar-refractivity contribution in [2.45, 2.75) is 34.1 Å². The zero-order chi connectivity index (χ0) is 13.2. The second-order valence-electron chi connectivity index (χ2n) is 3.19. The fraction of sp³-hybridized carbons (Fsp3) is 1.00. The van der Waals surface area contributed by atoms with Crippen LogP contribution in [0.4, 0.5) is 0 Å². The molecule has 0 saturated heterocycles. The van der Waals surface area contributed by atoms with Gasteiger partial charge in [-0.05, 0) is 13.0 Å². The zero-order valence-corrected chi connectivity index (χ0v) is 12.1. The summed E-state index contributed by atoms with van der Waals surface area (Å²) in [5.74, 6) is 0. The largest absolute Gasteiger partial charge is 0.379 e. The summed E-state index contributed by atoms with van der Waals surface area (Å²) in [6, 6.07) is 0. The van der Waals surface area contributed by atoms with Gasteiger partial charge < -0.3 is 19.5 Å². The Balaban J connectivity index is 0. The van der Waals surface area contributed by atoms with Crippen LogP contribution < -0.4 is 5.32 Å². The first-order chi connectivity index (χ1) is 8.41. The molecule has 0 aromatic heterocycles. The normalized spacial score (nSPS) is 9.88. The third-order valence-electron chi connectivity index (χ3n) is 1.77. The van der Waals surface area contributed by atoms with E-state index in [-0.39, 0.29) is 0 Å². The summed E-state index contributed by atoms with van der Waals surface area (Å²) in [6.07, 6.45) is 1.06. The fourth-order valence-electron chi connectivity index (χ4n) is 1.01. The second-order valence-corrected chi connectivity index (χ2v) is 3.19. The molecule has 4 nitrogen and oxygen atoms in total. The predicted molar refractivity (Wildman–Crippen MR) is 72.6 cm³/mol. The van der Waals surface area contributed by atoms with E-state index < -0.39 is 0 Å². The van der Waals surface area contributed by atoms with Crippen molar-refractivity contribution in [3.8, 4) is 0 Å². The Hall–Kier alpha value is -0.160. The summed E-state index contributed by atoms with van der Waals surface area (Å²) in [5, 5.41) is 3.19. The number of ether oxygens (including phenoxy) is 3. The lowest BCUT2D eigenvalue weighted by atomic mass is 10.5. The highest BCUT2D eigenvalue weighted by molar-refractivity contribution is 4.40. The summed E-state index contributed by atoms with van der Waals surface area (Å²) < 4.78 is 15.9. The molecule has 0 amide bonds. The van der Waals surface area contributed by atoms with E-state index in [0.29, 0.717) is 26.4 Å². The predicted octanol–water partition coefficient (Wildman–Crippen LogP) is 2.08. The Morgan fingerprint density at radius 3 is 1.65 bits per heavy atom. The minimum atomic E-state index is 0.654. The first kappa shape index (κ1) is 19.2. The van der Waals surface area contributed by atoms with E-state index in [1.807, 2.05) is 13.8 Å². The minimum Gasteiger partial charge on any atom is -0.379 e. The maximum absolute atomic E-state index is 5.34. The average molecular weight is 249 g/mol. The highest BCUT2D eigenvalue weighted by atomic mass is 16.5. The molecule has 0 aliphatic carbocycles. The van der Waals surface area contributed by atoms with Crippen LogP contribution in [0.1, 0.15) is 34.1 Å². The van der Waals surface area contributed by atoms with Crippen LogP contribution in [0.5, 0.6) is 0 Å². The Morgan fingerprint density at radius 1 is 0.706 bits per heavy atom. The van der Waals surface area contributed by atoms with Crippen LogP contribution in [0.25, 0.3) is 0 Å². The van der Waals surface area contributed by atoms with Gasteiger partial charge in [0.1, 0.15) is 0 Å². The van der Waals surface area contributed by atoms with Gasteiger partial charge in [0.25, 0.3) is 0 Å². The van der Waals surface area contributed by atoms with Crippen LogP contribution in [0.15, 0.2) is 0 Å². The van der Waals surface area contributed by atoms with Crippen LogP contribution in [-0.2, 0) is 14.2 Å². The van der Waals surface area contributed by atoms with Crippen LogP contribution in [-0.4, -0.2) is 52.7 Å². The first-order valence-electron chi connectivity index (χ1n) is 6.85. The lowest BCUT2D eigenvalue weighted by molar-refractivity contribution is 0.0153. The lowest BCUT2D eigenvalue weighted by Gasteiger charge is -2.06. The van der Waals surface area contributed by atoms with Crippen molar-refractivity contribution in [2.24, 2.45) is 0 Å². The molecule has 0 fully saturated rings. The van der Waals surface area contributed by atoms with E-state index in [1.54, 1.807) is 0 Å². The molecule has 0 aliphatic heterocycles. The SMILES string of the molecule is CC.CCCOCCOCCOCCNCC. The molecular formula is C13H31NO3. The van der Waals surface area contributed by atoms with Crippen LogP contribution in [0.3, 0.4) is 0 Å². The van der Waals surface area contributed by atoms with Gasteiger partial charge in [0, 0.05) is 13.2 Å². The monoisotopic (exact) mass is 249 g/mol. The van der Waals surface area contributed by atoms with Crippen LogP contribution in [0, 0.1) is 0 Å². The molecule has 1 N–H and O–H groups in total. The zero-order valence-electron chi connectivity index (χ0n) is 12.1. The Kier molecular flexibility index (Phi) is 23.9. The van der Waals surface area contributed by atoms with E-state index in [9.17, 15) is 0 Å². The molecule has 0 atom stereocenters. The molecule has 0 saturated carbocycles. The summed E-state index contributed by atoms with van der Waals surface area (Å²) in [4.78, 5) is 0. The molecule has 0 radical (unpaired) electrons. The van der Waals surface area contributed by atoms with Gasteiger partial charge in [-0.25, -0.2) is 0 Å². The van der Waals surface area contributed by atoms with E-state index in [4.69, 9.17) is 14.2 Å². The summed E-state index contributed by atoms with van der Waals surface area (Å²) >= 11 is 0. The van der Waals surface area contributed by atoms with Gasteiger partial charge in [-0.1, -0.05) is 27.7 Å². The van der Waals surface area contributed by atoms with Crippen molar-refractivity contribution in [1.82, 2.24) is 5.32 Å². The third kappa shape index (κ3) is 21.6.